The van der Waals surface area contributed by atoms with Gasteiger partial charge in [0.1, 0.15) is 17.0 Å². The minimum atomic E-state index is -1.03. The summed E-state index contributed by atoms with van der Waals surface area (Å²) in [5, 5.41) is 11.2. The molecule has 0 amide bonds. The van der Waals surface area contributed by atoms with Crippen LogP contribution < -0.4 is 5.73 Å². The topological polar surface area (TPSA) is 99.1 Å². The highest BCUT2D eigenvalue weighted by Gasteiger charge is 2.38. The molecule has 1 atom stereocenters. The standard InChI is InChI=1S/C22H24FN5O2/c1-22(29,14-4-5-14)7-6-15-10-16-17(20-18(23)11-26-21(24)27-20)13-28(8-3-9-30-2)19(16)12-25-15/h10-14,29H,3-5,8-9H2,1-2H3,(H2,24,26,27). The Morgan fingerprint density at radius 1 is 1.37 bits per heavy atom. The molecule has 3 aromatic heterocycles. The summed E-state index contributed by atoms with van der Waals surface area (Å²) in [5.41, 5.74) is 6.73. The maximum atomic E-state index is 14.5. The van der Waals surface area contributed by atoms with Crippen molar-refractivity contribution in [1.82, 2.24) is 19.5 Å². The van der Waals surface area contributed by atoms with E-state index in [-0.39, 0.29) is 17.6 Å². The van der Waals surface area contributed by atoms with Gasteiger partial charge in [-0.1, -0.05) is 5.92 Å². The fourth-order valence-corrected chi connectivity index (χ4v) is 3.52. The number of fused-ring (bicyclic) bond motifs is 1. The van der Waals surface area contributed by atoms with Crippen LogP contribution in [0.25, 0.3) is 22.2 Å². The Hall–Kier alpha value is -3.02. The normalized spacial score (nSPS) is 15.6. The van der Waals surface area contributed by atoms with Gasteiger partial charge in [0.25, 0.3) is 0 Å². The van der Waals surface area contributed by atoms with Crippen LogP contribution in [0.4, 0.5) is 10.3 Å². The first-order valence-corrected chi connectivity index (χ1v) is 9.91. The molecular formula is C22H24FN5O2. The van der Waals surface area contributed by atoms with Crippen molar-refractivity contribution >= 4 is 16.9 Å². The summed E-state index contributed by atoms with van der Waals surface area (Å²) in [6, 6.07) is 1.80. The van der Waals surface area contributed by atoms with E-state index >= 15 is 0 Å². The zero-order valence-corrected chi connectivity index (χ0v) is 17.0. The largest absolute Gasteiger partial charge is 0.385 e. The summed E-state index contributed by atoms with van der Waals surface area (Å²) in [6.07, 6.45) is 7.38. The first-order valence-electron chi connectivity index (χ1n) is 9.91. The molecule has 4 rings (SSSR count). The van der Waals surface area contributed by atoms with Crippen LogP contribution in [0.2, 0.25) is 0 Å². The fourth-order valence-electron chi connectivity index (χ4n) is 3.52. The highest BCUT2D eigenvalue weighted by atomic mass is 19.1. The smallest absolute Gasteiger partial charge is 0.220 e. The average molecular weight is 409 g/mol. The molecule has 3 heterocycles. The van der Waals surface area contributed by atoms with Gasteiger partial charge in [0.05, 0.1) is 17.9 Å². The third-order valence-electron chi connectivity index (χ3n) is 5.35. The van der Waals surface area contributed by atoms with Crippen LogP contribution >= 0.6 is 0 Å². The molecule has 1 aliphatic rings. The van der Waals surface area contributed by atoms with E-state index in [4.69, 9.17) is 10.5 Å². The van der Waals surface area contributed by atoms with Gasteiger partial charge in [-0.25, -0.2) is 19.3 Å². The zero-order chi connectivity index (χ0) is 21.3. The molecule has 1 aliphatic carbocycles. The van der Waals surface area contributed by atoms with Crippen LogP contribution in [-0.2, 0) is 11.3 Å². The lowest BCUT2D eigenvalue weighted by Crippen LogP contribution is -2.24. The second-order valence-electron chi connectivity index (χ2n) is 7.77. The van der Waals surface area contributed by atoms with Gasteiger partial charge >= 0.3 is 0 Å². The number of hydrogen-bond donors (Lipinski definition) is 2. The molecule has 8 heteroatoms. The second kappa shape index (κ2) is 8.01. The summed E-state index contributed by atoms with van der Waals surface area (Å²) >= 11 is 0. The summed E-state index contributed by atoms with van der Waals surface area (Å²) in [4.78, 5) is 12.3. The quantitative estimate of drug-likeness (QED) is 0.480. The molecule has 30 heavy (non-hydrogen) atoms. The molecule has 0 spiro atoms. The third-order valence-corrected chi connectivity index (χ3v) is 5.35. The second-order valence-corrected chi connectivity index (χ2v) is 7.77. The molecule has 0 bridgehead atoms. The molecule has 1 fully saturated rings. The van der Waals surface area contributed by atoms with E-state index < -0.39 is 11.4 Å². The van der Waals surface area contributed by atoms with Crippen LogP contribution in [0.15, 0.2) is 24.7 Å². The minimum absolute atomic E-state index is 0.00114. The van der Waals surface area contributed by atoms with Gasteiger partial charge in [-0.2, -0.15) is 0 Å². The zero-order valence-electron chi connectivity index (χ0n) is 17.0. The molecule has 156 valence electrons. The fraction of sp³-hybridized carbons (Fsp3) is 0.409. The first-order chi connectivity index (χ1) is 14.4. The Labute approximate surface area is 174 Å². The lowest BCUT2D eigenvalue weighted by Gasteiger charge is -2.14. The van der Waals surface area contributed by atoms with Gasteiger partial charge in [-0.15, -0.1) is 0 Å². The number of nitrogens with zero attached hydrogens (tertiary/aromatic N) is 4. The van der Waals surface area contributed by atoms with Crippen LogP contribution in [0.5, 0.6) is 0 Å². The van der Waals surface area contributed by atoms with E-state index in [1.807, 2.05) is 10.8 Å². The molecule has 3 aromatic rings. The predicted octanol–water partition coefficient (Wildman–Crippen LogP) is 2.76. The van der Waals surface area contributed by atoms with Crippen molar-refractivity contribution in [3.05, 3.63) is 36.2 Å². The van der Waals surface area contributed by atoms with E-state index in [9.17, 15) is 9.50 Å². The molecule has 3 N–H and O–H groups in total. The Balaban J connectivity index is 1.80. The molecule has 0 saturated heterocycles. The molecular weight excluding hydrogens is 385 g/mol. The Kier molecular flexibility index (Phi) is 5.41. The number of nitrogen functional groups attached to an aromatic ring is 1. The van der Waals surface area contributed by atoms with Crippen molar-refractivity contribution in [2.24, 2.45) is 5.92 Å². The summed E-state index contributed by atoms with van der Waals surface area (Å²) in [6.45, 7) is 3.01. The lowest BCUT2D eigenvalue weighted by atomic mass is 10.0. The minimum Gasteiger partial charge on any atom is -0.385 e. The van der Waals surface area contributed by atoms with Crippen molar-refractivity contribution in [2.75, 3.05) is 19.5 Å². The van der Waals surface area contributed by atoms with Gasteiger partial charge in [-0.3, -0.25) is 0 Å². The number of anilines is 1. The summed E-state index contributed by atoms with van der Waals surface area (Å²) in [5.74, 6) is 5.56. The number of methoxy groups -OCH3 is 1. The highest BCUT2D eigenvalue weighted by Crippen LogP contribution is 2.39. The number of aromatic nitrogens is 4. The predicted molar refractivity (Wildman–Crippen MR) is 112 cm³/mol. The van der Waals surface area contributed by atoms with Gasteiger partial charge in [0.15, 0.2) is 5.82 Å². The van der Waals surface area contributed by atoms with E-state index in [0.29, 0.717) is 24.4 Å². The van der Waals surface area contributed by atoms with Crippen LogP contribution in [-0.4, -0.2) is 43.9 Å². The van der Waals surface area contributed by atoms with Crippen molar-refractivity contribution in [1.29, 1.82) is 0 Å². The van der Waals surface area contributed by atoms with Crippen LogP contribution in [0, 0.1) is 23.6 Å². The van der Waals surface area contributed by atoms with Crippen molar-refractivity contribution in [3.8, 4) is 23.1 Å². The van der Waals surface area contributed by atoms with Gasteiger partial charge in [0.2, 0.25) is 5.95 Å². The van der Waals surface area contributed by atoms with E-state index in [0.717, 1.165) is 36.4 Å². The molecule has 7 nitrogen and oxygen atoms in total. The first kappa shape index (κ1) is 20.3. The summed E-state index contributed by atoms with van der Waals surface area (Å²) < 4.78 is 21.6. The van der Waals surface area contributed by atoms with Gasteiger partial charge in [-0.05, 0) is 44.1 Å². The number of ether oxygens (including phenoxy) is 1. The molecule has 1 saturated carbocycles. The van der Waals surface area contributed by atoms with Crippen LogP contribution in [0.1, 0.15) is 31.9 Å². The Morgan fingerprint density at radius 3 is 2.90 bits per heavy atom. The molecule has 0 aliphatic heterocycles. The third kappa shape index (κ3) is 4.13. The molecule has 0 aromatic carbocycles. The number of halogens is 1. The molecule has 0 radical (unpaired) electrons. The number of pyridine rings is 1. The summed E-state index contributed by atoms with van der Waals surface area (Å²) in [7, 11) is 1.65. The number of rotatable bonds is 6. The lowest BCUT2D eigenvalue weighted by molar-refractivity contribution is 0.0980. The van der Waals surface area contributed by atoms with E-state index in [1.54, 1.807) is 26.3 Å². The van der Waals surface area contributed by atoms with Crippen molar-refractivity contribution < 1.29 is 14.2 Å². The van der Waals surface area contributed by atoms with E-state index in [2.05, 4.69) is 26.8 Å². The van der Waals surface area contributed by atoms with Gasteiger partial charge in [0, 0.05) is 37.4 Å². The highest BCUT2D eigenvalue weighted by molar-refractivity contribution is 5.95. The van der Waals surface area contributed by atoms with Crippen molar-refractivity contribution in [3.63, 3.8) is 0 Å². The van der Waals surface area contributed by atoms with Gasteiger partial charge < -0.3 is 20.1 Å². The average Bonchev–Trinajstić information content (AvgIpc) is 3.53. The van der Waals surface area contributed by atoms with Crippen molar-refractivity contribution in [2.45, 2.75) is 38.3 Å². The molecule has 1 unspecified atom stereocenters. The monoisotopic (exact) mass is 409 g/mol. The maximum absolute atomic E-state index is 14.5. The van der Waals surface area contributed by atoms with E-state index in [1.165, 1.54) is 0 Å². The van der Waals surface area contributed by atoms with Crippen LogP contribution in [0.3, 0.4) is 0 Å². The number of hydrogen-bond acceptors (Lipinski definition) is 6. The SMILES string of the molecule is COCCCn1cc(-c2nc(N)ncc2F)c2cc(C#CC(C)(O)C3CC3)ncc21. The Morgan fingerprint density at radius 2 is 2.17 bits per heavy atom. The Bertz CT molecular complexity index is 1140. The number of nitrogens with two attached hydrogens (primary N) is 1. The number of aryl methyl sites for hydroxylation is 1. The number of aliphatic hydroxyl groups is 1. The maximum Gasteiger partial charge on any atom is 0.220 e.